The number of benzene rings is 1. The van der Waals surface area contributed by atoms with E-state index in [-0.39, 0.29) is 11.9 Å². The SMILES string of the molecule is C[C@@H](Nc1cnc(-c2ccnnc2)cn1)c1ccc(F)cc1. The molecule has 1 aromatic carbocycles. The van der Waals surface area contributed by atoms with Gasteiger partial charge in [0.25, 0.3) is 0 Å². The van der Waals surface area contributed by atoms with Crippen LogP contribution in [0.1, 0.15) is 18.5 Å². The first-order chi connectivity index (χ1) is 10.7. The summed E-state index contributed by atoms with van der Waals surface area (Å²) in [5.74, 6) is 0.411. The standard InChI is InChI=1S/C16H14FN5/c1-11(12-2-4-14(17)5-3-12)22-16-10-18-15(9-19-16)13-6-7-20-21-8-13/h2-11H,1H3,(H,19,22)/t11-/m1/s1. The van der Waals surface area contributed by atoms with E-state index in [4.69, 9.17) is 0 Å². The molecule has 0 fully saturated rings. The second kappa shape index (κ2) is 6.26. The zero-order valence-corrected chi connectivity index (χ0v) is 11.9. The molecule has 0 unspecified atom stereocenters. The number of aromatic nitrogens is 4. The Kier molecular flexibility index (Phi) is 4.00. The minimum Gasteiger partial charge on any atom is -0.362 e. The summed E-state index contributed by atoms with van der Waals surface area (Å²) >= 11 is 0. The molecule has 3 rings (SSSR count). The number of hydrogen-bond donors (Lipinski definition) is 1. The molecule has 1 N–H and O–H groups in total. The Hall–Kier alpha value is -2.89. The number of halogens is 1. The molecule has 0 aliphatic carbocycles. The Morgan fingerprint density at radius 1 is 0.955 bits per heavy atom. The van der Waals surface area contributed by atoms with Gasteiger partial charge in [-0.05, 0) is 30.7 Å². The number of hydrogen-bond acceptors (Lipinski definition) is 5. The molecule has 3 aromatic rings. The second-order valence-corrected chi connectivity index (χ2v) is 4.84. The Labute approximate surface area is 127 Å². The Morgan fingerprint density at radius 2 is 1.77 bits per heavy atom. The zero-order chi connectivity index (χ0) is 15.4. The molecule has 0 aliphatic heterocycles. The van der Waals surface area contributed by atoms with Crippen molar-refractivity contribution in [2.45, 2.75) is 13.0 Å². The van der Waals surface area contributed by atoms with Crippen molar-refractivity contribution in [2.24, 2.45) is 0 Å². The zero-order valence-electron chi connectivity index (χ0n) is 11.9. The van der Waals surface area contributed by atoms with Crippen molar-refractivity contribution in [1.29, 1.82) is 0 Å². The summed E-state index contributed by atoms with van der Waals surface area (Å²) in [7, 11) is 0. The molecule has 0 spiro atoms. The maximum absolute atomic E-state index is 12.9. The van der Waals surface area contributed by atoms with E-state index in [0.29, 0.717) is 5.82 Å². The lowest BCUT2D eigenvalue weighted by Crippen LogP contribution is -2.08. The minimum atomic E-state index is -0.244. The van der Waals surface area contributed by atoms with Crippen molar-refractivity contribution in [1.82, 2.24) is 20.2 Å². The van der Waals surface area contributed by atoms with Gasteiger partial charge in [-0.1, -0.05) is 12.1 Å². The van der Waals surface area contributed by atoms with Crippen molar-refractivity contribution in [3.63, 3.8) is 0 Å². The number of rotatable bonds is 4. The minimum absolute atomic E-state index is 0.00309. The highest BCUT2D eigenvalue weighted by Crippen LogP contribution is 2.19. The molecular formula is C16H14FN5. The van der Waals surface area contributed by atoms with Gasteiger partial charge in [0.15, 0.2) is 0 Å². The predicted octanol–water partition coefficient (Wildman–Crippen LogP) is 3.25. The molecule has 0 saturated heterocycles. The average molecular weight is 295 g/mol. The third-order valence-corrected chi connectivity index (χ3v) is 3.27. The van der Waals surface area contributed by atoms with Crippen LogP contribution in [0.4, 0.5) is 10.2 Å². The number of nitrogens with zero attached hydrogens (tertiary/aromatic N) is 4. The van der Waals surface area contributed by atoms with E-state index >= 15 is 0 Å². The van der Waals surface area contributed by atoms with Gasteiger partial charge in [-0.15, -0.1) is 0 Å². The van der Waals surface area contributed by atoms with Gasteiger partial charge in [-0.3, -0.25) is 4.98 Å². The van der Waals surface area contributed by atoms with Gasteiger partial charge < -0.3 is 5.32 Å². The van der Waals surface area contributed by atoms with Crippen LogP contribution in [0.25, 0.3) is 11.3 Å². The largest absolute Gasteiger partial charge is 0.362 e. The van der Waals surface area contributed by atoms with Crippen LogP contribution in [0.5, 0.6) is 0 Å². The van der Waals surface area contributed by atoms with E-state index < -0.39 is 0 Å². The lowest BCUT2D eigenvalue weighted by molar-refractivity contribution is 0.626. The fourth-order valence-electron chi connectivity index (χ4n) is 2.05. The van der Waals surface area contributed by atoms with Gasteiger partial charge >= 0.3 is 0 Å². The molecule has 6 heteroatoms. The normalized spacial score (nSPS) is 11.9. The molecule has 2 heterocycles. The Morgan fingerprint density at radius 3 is 2.41 bits per heavy atom. The van der Waals surface area contributed by atoms with Gasteiger partial charge in [0.05, 0.1) is 30.5 Å². The first-order valence-corrected chi connectivity index (χ1v) is 6.83. The third kappa shape index (κ3) is 3.22. The first kappa shape index (κ1) is 14.1. The summed E-state index contributed by atoms with van der Waals surface area (Å²) in [5, 5.41) is 10.8. The Bertz CT molecular complexity index is 729. The highest BCUT2D eigenvalue weighted by atomic mass is 19.1. The van der Waals surface area contributed by atoms with Gasteiger partial charge in [-0.2, -0.15) is 10.2 Å². The van der Waals surface area contributed by atoms with E-state index in [1.165, 1.54) is 12.1 Å². The quantitative estimate of drug-likeness (QED) is 0.800. The van der Waals surface area contributed by atoms with E-state index in [9.17, 15) is 4.39 Å². The van der Waals surface area contributed by atoms with E-state index in [0.717, 1.165) is 16.8 Å². The molecular weight excluding hydrogens is 281 g/mol. The van der Waals surface area contributed by atoms with Crippen LogP contribution in [-0.2, 0) is 0 Å². The van der Waals surface area contributed by atoms with Crippen molar-refractivity contribution in [2.75, 3.05) is 5.32 Å². The maximum Gasteiger partial charge on any atom is 0.144 e. The highest BCUT2D eigenvalue weighted by Gasteiger charge is 2.07. The van der Waals surface area contributed by atoms with Crippen molar-refractivity contribution >= 4 is 5.82 Å². The van der Waals surface area contributed by atoms with Gasteiger partial charge in [0.2, 0.25) is 0 Å². The van der Waals surface area contributed by atoms with Crippen LogP contribution >= 0.6 is 0 Å². The van der Waals surface area contributed by atoms with Crippen molar-refractivity contribution in [3.8, 4) is 11.3 Å². The van der Waals surface area contributed by atoms with Crippen molar-refractivity contribution < 1.29 is 4.39 Å². The third-order valence-electron chi connectivity index (χ3n) is 3.27. The van der Waals surface area contributed by atoms with E-state index in [1.807, 2.05) is 13.0 Å². The molecule has 5 nitrogen and oxygen atoms in total. The number of nitrogens with one attached hydrogen (secondary N) is 1. The van der Waals surface area contributed by atoms with Crippen LogP contribution in [0.2, 0.25) is 0 Å². The van der Waals surface area contributed by atoms with E-state index in [1.54, 1.807) is 36.9 Å². The molecule has 0 bridgehead atoms. The number of anilines is 1. The van der Waals surface area contributed by atoms with Crippen LogP contribution in [0.15, 0.2) is 55.1 Å². The fraction of sp³-hybridized carbons (Fsp3) is 0.125. The molecule has 0 radical (unpaired) electrons. The predicted molar refractivity (Wildman–Crippen MR) is 81.5 cm³/mol. The van der Waals surface area contributed by atoms with Gasteiger partial charge in [-0.25, -0.2) is 9.37 Å². The summed E-state index contributed by atoms with van der Waals surface area (Å²) in [6.45, 7) is 1.98. The summed E-state index contributed by atoms with van der Waals surface area (Å²) in [6, 6.07) is 8.21. The topological polar surface area (TPSA) is 63.6 Å². The lowest BCUT2D eigenvalue weighted by atomic mass is 10.1. The molecule has 0 saturated carbocycles. The molecule has 0 amide bonds. The molecule has 22 heavy (non-hydrogen) atoms. The monoisotopic (exact) mass is 295 g/mol. The van der Waals surface area contributed by atoms with E-state index in [2.05, 4.69) is 25.5 Å². The summed E-state index contributed by atoms with van der Waals surface area (Å²) in [4.78, 5) is 8.70. The highest BCUT2D eigenvalue weighted by molar-refractivity contribution is 5.56. The van der Waals surface area contributed by atoms with Gasteiger partial charge in [0, 0.05) is 11.6 Å². The Balaban J connectivity index is 1.72. The summed E-state index contributed by atoms with van der Waals surface area (Å²) < 4.78 is 12.9. The van der Waals surface area contributed by atoms with Gasteiger partial charge in [0.1, 0.15) is 11.6 Å². The fourth-order valence-corrected chi connectivity index (χ4v) is 2.05. The first-order valence-electron chi connectivity index (χ1n) is 6.83. The summed E-state index contributed by atoms with van der Waals surface area (Å²) in [6.07, 6.45) is 6.59. The summed E-state index contributed by atoms with van der Waals surface area (Å²) in [5.41, 5.74) is 2.57. The molecule has 1 atom stereocenters. The molecule has 0 aliphatic rings. The smallest absolute Gasteiger partial charge is 0.144 e. The lowest BCUT2D eigenvalue weighted by Gasteiger charge is -2.14. The van der Waals surface area contributed by atoms with Crippen LogP contribution in [0, 0.1) is 5.82 Å². The maximum atomic E-state index is 12.9. The van der Waals surface area contributed by atoms with Crippen LogP contribution in [-0.4, -0.2) is 20.2 Å². The average Bonchev–Trinajstić information content (AvgIpc) is 2.57. The van der Waals surface area contributed by atoms with Crippen LogP contribution < -0.4 is 5.32 Å². The molecule has 2 aromatic heterocycles. The van der Waals surface area contributed by atoms with Crippen LogP contribution in [0.3, 0.4) is 0 Å². The second-order valence-electron chi connectivity index (χ2n) is 4.84. The van der Waals surface area contributed by atoms with Crippen molar-refractivity contribution in [3.05, 3.63) is 66.5 Å². The molecule has 110 valence electrons.